The van der Waals surface area contributed by atoms with Crippen molar-refractivity contribution < 1.29 is 0 Å². The smallest absolute Gasteiger partial charge is 0.0599 e. The second-order valence-corrected chi connectivity index (χ2v) is 4.67. The molecule has 2 nitrogen and oxygen atoms in total. The quantitative estimate of drug-likeness (QED) is 0.518. The topological polar surface area (TPSA) is 6.48 Å². The van der Waals surface area contributed by atoms with Gasteiger partial charge in [0.15, 0.2) is 0 Å². The van der Waals surface area contributed by atoms with Crippen LogP contribution in [0, 0.1) is 24.7 Å². The van der Waals surface area contributed by atoms with Crippen molar-refractivity contribution in [3.8, 4) is 24.7 Å². The standard InChI is InChI=1S/C16H28N2/c1-5-9-13-17(11-7-3)15-16-18(12-8-4)14-10-6-2/h3-4H,5-6,9-16H2,1-2H3. The maximum Gasteiger partial charge on any atom is 0.0599 e. The van der Waals surface area contributed by atoms with Crippen LogP contribution in [-0.4, -0.2) is 49.1 Å². The van der Waals surface area contributed by atoms with Crippen LogP contribution in [0.4, 0.5) is 0 Å². The van der Waals surface area contributed by atoms with Crippen LogP contribution in [-0.2, 0) is 0 Å². The molecule has 0 aromatic rings. The van der Waals surface area contributed by atoms with Crippen LogP contribution in [0.5, 0.6) is 0 Å². The molecule has 0 aromatic carbocycles. The maximum atomic E-state index is 5.41. The Morgan fingerprint density at radius 1 is 0.722 bits per heavy atom. The summed E-state index contributed by atoms with van der Waals surface area (Å²) in [6.45, 7) is 10.1. The van der Waals surface area contributed by atoms with Crippen molar-refractivity contribution >= 4 is 0 Å². The van der Waals surface area contributed by atoms with Crippen molar-refractivity contribution in [2.45, 2.75) is 39.5 Å². The lowest BCUT2D eigenvalue weighted by Crippen LogP contribution is -2.36. The molecule has 0 bridgehead atoms. The Balaban J connectivity index is 4.02. The van der Waals surface area contributed by atoms with E-state index >= 15 is 0 Å². The largest absolute Gasteiger partial charge is 0.291 e. The third kappa shape index (κ3) is 9.11. The predicted octanol–water partition coefficient (Wildman–Crippen LogP) is 2.46. The molecule has 0 radical (unpaired) electrons. The summed E-state index contributed by atoms with van der Waals surface area (Å²) in [7, 11) is 0. The van der Waals surface area contributed by atoms with Crippen molar-refractivity contribution in [3.05, 3.63) is 0 Å². The number of hydrogen-bond donors (Lipinski definition) is 0. The van der Waals surface area contributed by atoms with E-state index in [1.54, 1.807) is 0 Å². The van der Waals surface area contributed by atoms with Gasteiger partial charge in [0, 0.05) is 13.1 Å². The van der Waals surface area contributed by atoms with Crippen molar-refractivity contribution in [3.63, 3.8) is 0 Å². The number of rotatable bonds is 11. The molecule has 0 fully saturated rings. The third-order valence-electron chi connectivity index (χ3n) is 3.02. The van der Waals surface area contributed by atoms with E-state index in [0.717, 1.165) is 39.3 Å². The monoisotopic (exact) mass is 248 g/mol. The molecule has 0 heterocycles. The van der Waals surface area contributed by atoms with E-state index < -0.39 is 0 Å². The van der Waals surface area contributed by atoms with Gasteiger partial charge in [-0.25, -0.2) is 0 Å². The Morgan fingerprint density at radius 2 is 1.11 bits per heavy atom. The highest BCUT2D eigenvalue weighted by Crippen LogP contribution is 1.98. The molecular formula is C16H28N2. The number of unbranched alkanes of at least 4 members (excludes halogenated alkanes) is 2. The Morgan fingerprint density at radius 3 is 1.39 bits per heavy atom. The summed E-state index contributed by atoms with van der Waals surface area (Å²) in [4.78, 5) is 4.69. The average Bonchev–Trinajstić information content (AvgIpc) is 2.38. The molecule has 0 saturated carbocycles. The summed E-state index contributed by atoms with van der Waals surface area (Å²) in [6, 6.07) is 0. The molecule has 0 spiro atoms. The lowest BCUT2D eigenvalue weighted by Gasteiger charge is -2.25. The average molecular weight is 248 g/mol. The Kier molecular flexibility index (Phi) is 11.8. The SMILES string of the molecule is C#CCN(CCCC)CCN(CC#C)CCCC. The van der Waals surface area contributed by atoms with Gasteiger partial charge in [0.25, 0.3) is 0 Å². The fourth-order valence-corrected chi connectivity index (χ4v) is 1.84. The molecule has 0 amide bonds. The van der Waals surface area contributed by atoms with Crippen molar-refractivity contribution in [2.75, 3.05) is 39.3 Å². The van der Waals surface area contributed by atoms with E-state index in [1.165, 1.54) is 25.7 Å². The molecule has 102 valence electrons. The van der Waals surface area contributed by atoms with Crippen LogP contribution in [0.3, 0.4) is 0 Å². The van der Waals surface area contributed by atoms with Crippen molar-refractivity contribution in [1.82, 2.24) is 9.80 Å². The number of hydrogen-bond acceptors (Lipinski definition) is 2. The fourth-order valence-electron chi connectivity index (χ4n) is 1.84. The third-order valence-corrected chi connectivity index (χ3v) is 3.02. The molecular weight excluding hydrogens is 220 g/mol. The second kappa shape index (κ2) is 12.5. The zero-order valence-electron chi connectivity index (χ0n) is 12.1. The summed E-state index contributed by atoms with van der Waals surface area (Å²) in [5.74, 6) is 5.49. The molecule has 18 heavy (non-hydrogen) atoms. The molecule has 0 aromatic heterocycles. The van der Waals surface area contributed by atoms with E-state index in [-0.39, 0.29) is 0 Å². The van der Waals surface area contributed by atoms with Gasteiger partial charge < -0.3 is 0 Å². The maximum absolute atomic E-state index is 5.41. The Bertz CT molecular complexity index is 231. The van der Waals surface area contributed by atoms with Crippen molar-refractivity contribution in [2.24, 2.45) is 0 Å². The number of nitrogens with zero attached hydrogens (tertiary/aromatic N) is 2. The van der Waals surface area contributed by atoms with Crippen LogP contribution in [0.2, 0.25) is 0 Å². The normalized spacial score (nSPS) is 10.6. The first-order chi connectivity index (χ1) is 8.78. The molecule has 0 aliphatic carbocycles. The second-order valence-electron chi connectivity index (χ2n) is 4.67. The fraction of sp³-hybridized carbons (Fsp3) is 0.750. The van der Waals surface area contributed by atoms with Gasteiger partial charge in [-0.1, -0.05) is 38.5 Å². The van der Waals surface area contributed by atoms with Gasteiger partial charge in [-0.05, 0) is 25.9 Å². The first kappa shape index (κ1) is 17.0. The highest BCUT2D eigenvalue weighted by Gasteiger charge is 2.07. The lowest BCUT2D eigenvalue weighted by atomic mass is 10.3. The first-order valence-corrected chi connectivity index (χ1v) is 7.10. The Hall–Kier alpha value is -0.960. The summed E-state index contributed by atoms with van der Waals surface area (Å²) < 4.78 is 0. The highest BCUT2D eigenvalue weighted by atomic mass is 15.2. The minimum Gasteiger partial charge on any atom is -0.291 e. The lowest BCUT2D eigenvalue weighted by molar-refractivity contribution is 0.227. The van der Waals surface area contributed by atoms with Gasteiger partial charge in [0.2, 0.25) is 0 Å². The zero-order chi connectivity index (χ0) is 13.6. The summed E-state index contributed by atoms with van der Waals surface area (Å²) in [6.07, 6.45) is 15.7. The minimum absolute atomic E-state index is 0.748. The van der Waals surface area contributed by atoms with E-state index in [1.807, 2.05) is 0 Å². The van der Waals surface area contributed by atoms with Gasteiger partial charge in [-0.3, -0.25) is 9.80 Å². The first-order valence-electron chi connectivity index (χ1n) is 7.10. The van der Waals surface area contributed by atoms with Crippen LogP contribution in [0.25, 0.3) is 0 Å². The minimum atomic E-state index is 0.748. The summed E-state index contributed by atoms with van der Waals surface area (Å²) in [5.41, 5.74) is 0. The van der Waals surface area contributed by atoms with Gasteiger partial charge in [0.05, 0.1) is 13.1 Å². The molecule has 0 atom stereocenters. The van der Waals surface area contributed by atoms with Gasteiger partial charge in [-0.2, -0.15) is 0 Å². The zero-order valence-corrected chi connectivity index (χ0v) is 12.1. The molecule has 0 aliphatic rings. The van der Waals surface area contributed by atoms with Gasteiger partial charge in [-0.15, -0.1) is 12.8 Å². The summed E-state index contributed by atoms with van der Waals surface area (Å²) in [5, 5.41) is 0. The van der Waals surface area contributed by atoms with E-state index in [0.29, 0.717) is 0 Å². The number of terminal acetylenes is 2. The van der Waals surface area contributed by atoms with Crippen molar-refractivity contribution in [1.29, 1.82) is 0 Å². The van der Waals surface area contributed by atoms with E-state index in [2.05, 4.69) is 35.5 Å². The molecule has 0 saturated heterocycles. The molecule has 0 unspecified atom stereocenters. The van der Waals surface area contributed by atoms with Gasteiger partial charge in [0.1, 0.15) is 0 Å². The molecule has 0 rings (SSSR count). The predicted molar refractivity (Wildman–Crippen MR) is 80.4 cm³/mol. The summed E-state index contributed by atoms with van der Waals surface area (Å²) >= 11 is 0. The van der Waals surface area contributed by atoms with E-state index in [9.17, 15) is 0 Å². The van der Waals surface area contributed by atoms with Gasteiger partial charge >= 0.3 is 0 Å². The Labute approximate surface area is 114 Å². The van der Waals surface area contributed by atoms with Crippen LogP contribution >= 0.6 is 0 Å². The molecule has 0 aliphatic heterocycles. The molecule has 0 N–H and O–H groups in total. The highest BCUT2D eigenvalue weighted by molar-refractivity contribution is 4.90. The molecule has 2 heteroatoms. The van der Waals surface area contributed by atoms with Crippen LogP contribution < -0.4 is 0 Å². The van der Waals surface area contributed by atoms with E-state index in [4.69, 9.17) is 12.8 Å². The van der Waals surface area contributed by atoms with Crippen LogP contribution in [0.15, 0.2) is 0 Å². The van der Waals surface area contributed by atoms with Crippen LogP contribution in [0.1, 0.15) is 39.5 Å².